The molecule has 0 fully saturated rings. The highest BCUT2D eigenvalue weighted by molar-refractivity contribution is 5.26. The van der Waals surface area contributed by atoms with Crippen molar-refractivity contribution < 1.29 is 23.4 Å². The van der Waals surface area contributed by atoms with Gasteiger partial charge in [0.2, 0.25) is 0 Å². The SMILES string of the molecule is CCC(CCCC(C)O/C=C\OCc1ccc(OC)cc1)OC[N+](C)(C)C. The molecule has 27 heavy (non-hydrogen) atoms. The van der Waals surface area contributed by atoms with Crippen molar-refractivity contribution in [2.45, 2.75) is 58.3 Å². The third-order valence-corrected chi connectivity index (χ3v) is 4.16. The van der Waals surface area contributed by atoms with Gasteiger partial charge in [-0.25, -0.2) is 0 Å². The summed E-state index contributed by atoms with van der Waals surface area (Å²) >= 11 is 0. The lowest BCUT2D eigenvalue weighted by atomic mass is 10.1. The number of nitrogens with zero attached hydrogens (tertiary/aromatic N) is 1. The second-order valence-corrected chi connectivity index (χ2v) is 7.93. The molecule has 0 aliphatic carbocycles. The molecule has 0 radical (unpaired) electrons. The predicted octanol–water partition coefficient (Wildman–Crippen LogP) is 4.72. The zero-order valence-corrected chi connectivity index (χ0v) is 17.9. The molecule has 0 aliphatic rings. The number of methoxy groups -OCH3 is 1. The van der Waals surface area contributed by atoms with Crippen LogP contribution in [-0.4, -0.2) is 51.7 Å². The molecule has 0 amide bonds. The smallest absolute Gasteiger partial charge is 0.182 e. The minimum Gasteiger partial charge on any atom is -0.497 e. The topological polar surface area (TPSA) is 36.9 Å². The molecule has 1 aromatic carbocycles. The van der Waals surface area contributed by atoms with Gasteiger partial charge in [0.1, 0.15) is 24.9 Å². The summed E-state index contributed by atoms with van der Waals surface area (Å²) in [6.07, 6.45) is 7.97. The molecular weight excluding hydrogens is 342 g/mol. The van der Waals surface area contributed by atoms with Gasteiger partial charge in [-0.2, -0.15) is 0 Å². The van der Waals surface area contributed by atoms with Gasteiger partial charge in [-0.05, 0) is 50.3 Å². The van der Waals surface area contributed by atoms with Crippen LogP contribution in [-0.2, 0) is 20.8 Å². The van der Waals surface area contributed by atoms with Gasteiger partial charge in [-0.1, -0.05) is 19.1 Å². The van der Waals surface area contributed by atoms with Gasteiger partial charge in [-0.15, -0.1) is 0 Å². The molecule has 0 heterocycles. The van der Waals surface area contributed by atoms with Crippen LogP contribution in [0.3, 0.4) is 0 Å². The zero-order chi connectivity index (χ0) is 20.1. The van der Waals surface area contributed by atoms with Crippen molar-refractivity contribution in [1.82, 2.24) is 0 Å². The van der Waals surface area contributed by atoms with E-state index in [2.05, 4.69) is 35.0 Å². The van der Waals surface area contributed by atoms with Gasteiger partial charge >= 0.3 is 0 Å². The average Bonchev–Trinajstić information content (AvgIpc) is 2.64. The maximum absolute atomic E-state index is 6.00. The number of rotatable bonds is 14. The molecule has 0 bridgehead atoms. The van der Waals surface area contributed by atoms with Crippen molar-refractivity contribution in [1.29, 1.82) is 0 Å². The average molecular weight is 381 g/mol. The lowest BCUT2D eigenvalue weighted by molar-refractivity contribution is -0.891. The summed E-state index contributed by atoms with van der Waals surface area (Å²) in [6.45, 7) is 5.53. The Morgan fingerprint density at radius 1 is 1.04 bits per heavy atom. The summed E-state index contributed by atoms with van der Waals surface area (Å²) in [5.74, 6) is 0.847. The van der Waals surface area contributed by atoms with Crippen molar-refractivity contribution in [2.75, 3.05) is 35.0 Å². The van der Waals surface area contributed by atoms with Crippen molar-refractivity contribution in [3.05, 3.63) is 42.4 Å². The number of hydrogen-bond acceptors (Lipinski definition) is 4. The number of quaternary nitrogens is 1. The third-order valence-electron chi connectivity index (χ3n) is 4.16. The highest BCUT2D eigenvalue weighted by Crippen LogP contribution is 2.14. The summed E-state index contributed by atoms with van der Waals surface area (Å²) in [5.41, 5.74) is 1.09. The van der Waals surface area contributed by atoms with Crippen molar-refractivity contribution in [3.8, 4) is 5.75 Å². The maximum Gasteiger partial charge on any atom is 0.182 e. The molecule has 0 N–H and O–H groups in total. The van der Waals surface area contributed by atoms with E-state index in [-0.39, 0.29) is 6.10 Å². The number of ether oxygens (including phenoxy) is 4. The highest BCUT2D eigenvalue weighted by Gasteiger charge is 2.13. The minimum atomic E-state index is 0.168. The first-order valence-electron chi connectivity index (χ1n) is 9.81. The third kappa shape index (κ3) is 11.6. The Labute approximate surface area is 165 Å². The van der Waals surface area contributed by atoms with Crippen molar-refractivity contribution >= 4 is 0 Å². The van der Waals surface area contributed by atoms with Crippen LogP contribution in [0.2, 0.25) is 0 Å². The number of benzene rings is 1. The van der Waals surface area contributed by atoms with Crippen LogP contribution in [0.4, 0.5) is 0 Å². The van der Waals surface area contributed by atoms with Crippen LogP contribution in [0.25, 0.3) is 0 Å². The Kier molecular flexibility index (Phi) is 10.9. The molecule has 1 rings (SSSR count). The number of hydrogen-bond donors (Lipinski definition) is 0. The molecule has 0 aromatic heterocycles. The lowest BCUT2D eigenvalue weighted by Crippen LogP contribution is -2.38. The monoisotopic (exact) mass is 380 g/mol. The van der Waals surface area contributed by atoms with Crippen LogP contribution in [0.5, 0.6) is 5.75 Å². The summed E-state index contributed by atoms with van der Waals surface area (Å²) in [6, 6.07) is 7.82. The molecule has 5 heteroatoms. The Hall–Kier alpha value is -1.72. The molecular formula is C22H38NO4+. The summed E-state index contributed by atoms with van der Waals surface area (Å²) in [7, 11) is 8.09. The van der Waals surface area contributed by atoms with E-state index in [1.165, 1.54) is 0 Å². The second kappa shape index (κ2) is 12.6. The fourth-order valence-electron chi connectivity index (χ4n) is 2.51. The fraction of sp³-hybridized carbons (Fsp3) is 0.636. The van der Waals surface area contributed by atoms with E-state index in [0.717, 1.165) is 48.2 Å². The normalized spacial score (nSPS) is 14.1. The lowest BCUT2D eigenvalue weighted by Gasteiger charge is -2.26. The van der Waals surface area contributed by atoms with Gasteiger partial charge in [0.15, 0.2) is 6.73 Å². The zero-order valence-electron chi connectivity index (χ0n) is 17.9. The Balaban J connectivity index is 2.14. The van der Waals surface area contributed by atoms with Gasteiger partial charge in [0.25, 0.3) is 0 Å². The Bertz CT molecular complexity index is 522. The van der Waals surface area contributed by atoms with Crippen molar-refractivity contribution in [3.63, 3.8) is 0 Å². The Morgan fingerprint density at radius 3 is 2.33 bits per heavy atom. The van der Waals surface area contributed by atoms with E-state index < -0.39 is 0 Å². The molecule has 1 aromatic rings. The summed E-state index contributed by atoms with van der Waals surface area (Å²) < 4.78 is 23.1. The Morgan fingerprint density at radius 2 is 1.74 bits per heavy atom. The van der Waals surface area contributed by atoms with Gasteiger partial charge in [-0.3, -0.25) is 0 Å². The fourth-order valence-corrected chi connectivity index (χ4v) is 2.51. The molecule has 2 unspecified atom stereocenters. The molecule has 0 aliphatic heterocycles. The predicted molar refractivity (Wildman–Crippen MR) is 109 cm³/mol. The molecule has 5 nitrogen and oxygen atoms in total. The molecule has 2 atom stereocenters. The quantitative estimate of drug-likeness (QED) is 0.266. The summed E-state index contributed by atoms with van der Waals surface area (Å²) in [4.78, 5) is 0. The van der Waals surface area contributed by atoms with E-state index in [9.17, 15) is 0 Å². The second-order valence-electron chi connectivity index (χ2n) is 7.93. The molecule has 0 saturated heterocycles. The van der Waals surface area contributed by atoms with Crippen LogP contribution in [0.1, 0.15) is 45.1 Å². The first-order valence-corrected chi connectivity index (χ1v) is 9.81. The van der Waals surface area contributed by atoms with Crippen LogP contribution in [0.15, 0.2) is 36.8 Å². The minimum absolute atomic E-state index is 0.168. The van der Waals surface area contributed by atoms with E-state index in [1.54, 1.807) is 19.6 Å². The van der Waals surface area contributed by atoms with Crippen LogP contribution >= 0.6 is 0 Å². The van der Waals surface area contributed by atoms with Crippen molar-refractivity contribution in [2.24, 2.45) is 0 Å². The van der Waals surface area contributed by atoms with Crippen LogP contribution < -0.4 is 4.74 Å². The highest BCUT2D eigenvalue weighted by atomic mass is 16.5. The van der Waals surface area contributed by atoms with Gasteiger partial charge in [0.05, 0.1) is 40.5 Å². The van der Waals surface area contributed by atoms with Gasteiger partial charge in [0, 0.05) is 0 Å². The van der Waals surface area contributed by atoms with E-state index >= 15 is 0 Å². The van der Waals surface area contributed by atoms with Gasteiger partial charge < -0.3 is 23.4 Å². The maximum atomic E-state index is 6.00. The molecule has 154 valence electrons. The standard InChI is InChI=1S/C22H38NO4/c1-7-21(27-18-23(3,4)5)10-8-9-19(2)26-16-15-25-17-20-11-13-22(24-6)14-12-20/h11-16,19,21H,7-10,17-18H2,1-6H3/q+1/b16-15-. The first kappa shape index (κ1) is 23.3. The first-order chi connectivity index (χ1) is 12.8. The van der Waals surface area contributed by atoms with E-state index in [1.807, 2.05) is 24.3 Å². The summed E-state index contributed by atoms with van der Waals surface area (Å²) in [5, 5.41) is 0. The van der Waals surface area contributed by atoms with Crippen LogP contribution in [0, 0.1) is 0 Å². The molecule has 0 spiro atoms. The largest absolute Gasteiger partial charge is 0.497 e. The molecule has 0 saturated carbocycles. The van der Waals surface area contributed by atoms with E-state index in [0.29, 0.717) is 12.7 Å². The van der Waals surface area contributed by atoms with E-state index in [4.69, 9.17) is 18.9 Å².